The van der Waals surface area contributed by atoms with Crippen molar-refractivity contribution in [3.63, 3.8) is 0 Å². The third-order valence-electron chi connectivity index (χ3n) is 10.2. The van der Waals surface area contributed by atoms with Crippen molar-refractivity contribution < 1.29 is 4.42 Å². The fourth-order valence-electron chi connectivity index (χ4n) is 7.62. The number of para-hydroxylation sites is 1. The summed E-state index contributed by atoms with van der Waals surface area (Å²) in [5, 5.41) is 6.81. The minimum absolute atomic E-state index is 0.863. The Morgan fingerprint density at radius 1 is 0.365 bits per heavy atom. The van der Waals surface area contributed by atoms with Crippen LogP contribution in [0.4, 0.5) is 17.1 Å². The van der Waals surface area contributed by atoms with Gasteiger partial charge in [0.15, 0.2) is 0 Å². The lowest BCUT2D eigenvalue weighted by Gasteiger charge is -2.27. The van der Waals surface area contributed by atoms with E-state index in [1.54, 1.807) is 0 Å². The molecular weight excluding hydrogens is 633 g/mol. The third-order valence-corrected chi connectivity index (χ3v) is 10.2. The fraction of sp³-hybridized carbons (Fsp3) is 0. The number of fused-ring (bicyclic) bond motifs is 5. The van der Waals surface area contributed by atoms with Crippen molar-refractivity contribution in [1.82, 2.24) is 4.98 Å². The molecule has 0 atom stereocenters. The quantitative estimate of drug-likeness (QED) is 0.177. The van der Waals surface area contributed by atoms with Crippen LogP contribution in [0.25, 0.3) is 76.9 Å². The van der Waals surface area contributed by atoms with Crippen molar-refractivity contribution >= 4 is 60.5 Å². The Morgan fingerprint density at radius 2 is 0.885 bits per heavy atom. The largest absolute Gasteiger partial charge is 0.456 e. The Labute approximate surface area is 301 Å². The zero-order valence-corrected chi connectivity index (χ0v) is 28.3. The Kier molecular flexibility index (Phi) is 7.14. The number of pyridine rings is 1. The van der Waals surface area contributed by atoms with Gasteiger partial charge in [-0.3, -0.25) is 4.98 Å². The monoisotopic (exact) mass is 664 g/mol. The maximum Gasteiger partial charge on any atom is 0.136 e. The van der Waals surface area contributed by atoms with Crippen LogP contribution >= 0.6 is 0 Å². The highest BCUT2D eigenvalue weighted by atomic mass is 16.3. The molecule has 244 valence electrons. The van der Waals surface area contributed by atoms with Crippen LogP contribution in [0.1, 0.15) is 0 Å². The Hall–Kier alpha value is -6.97. The molecule has 0 aliphatic heterocycles. The second-order valence-electron chi connectivity index (χ2n) is 13.2. The molecule has 10 rings (SSSR count). The maximum absolute atomic E-state index is 6.37. The van der Waals surface area contributed by atoms with E-state index in [1.807, 2.05) is 24.5 Å². The standard InChI is InChI=1S/C49H32N2O/c1-3-11-33(12-4-1)34-19-23-38(24-20-34)51(47-32-50-31-37-29-46-44-17-9-10-18-48(44)52-49(46)30-45(37)47)39-25-21-36(22-26-39)41-28-27-40(35-13-5-2-6-14-35)42-15-7-8-16-43(41)42/h1-32H. The van der Waals surface area contributed by atoms with Crippen LogP contribution < -0.4 is 4.90 Å². The molecule has 0 unspecified atom stereocenters. The minimum Gasteiger partial charge on any atom is -0.456 e. The fourth-order valence-corrected chi connectivity index (χ4v) is 7.62. The molecule has 3 nitrogen and oxygen atoms in total. The summed E-state index contributed by atoms with van der Waals surface area (Å²) in [5.74, 6) is 0. The van der Waals surface area contributed by atoms with E-state index < -0.39 is 0 Å². The number of furan rings is 1. The molecule has 2 aromatic heterocycles. The lowest BCUT2D eigenvalue weighted by Crippen LogP contribution is -2.11. The lowest BCUT2D eigenvalue weighted by atomic mass is 9.92. The first kappa shape index (κ1) is 29.9. The first-order valence-corrected chi connectivity index (χ1v) is 17.6. The molecular formula is C49H32N2O. The number of rotatable bonds is 6. The van der Waals surface area contributed by atoms with E-state index in [-0.39, 0.29) is 0 Å². The van der Waals surface area contributed by atoms with Gasteiger partial charge in [0.25, 0.3) is 0 Å². The molecule has 0 N–H and O–H groups in total. The molecule has 2 heterocycles. The summed E-state index contributed by atoms with van der Waals surface area (Å²) in [6, 6.07) is 64.6. The van der Waals surface area contributed by atoms with Gasteiger partial charge in [-0.25, -0.2) is 0 Å². The second-order valence-corrected chi connectivity index (χ2v) is 13.2. The van der Waals surface area contributed by atoms with Gasteiger partial charge in [0.05, 0.1) is 11.9 Å². The Balaban J connectivity index is 1.12. The average Bonchev–Trinajstić information content (AvgIpc) is 3.58. The van der Waals surface area contributed by atoms with E-state index in [2.05, 4.69) is 175 Å². The molecule has 0 aliphatic carbocycles. The van der Waals surface area contributed by atoms with Gasteiger partial charge in [0.1, 0.15) is 11.2 Å². The predicted molar refractivity (Wildman–Crippen MR) is 218 cm³/mol. The SMILES string of the molecule is c1ccc(-c2ccc(N(c3ccc(-c4ccc(-c5ccccc5)c5ccccc45)cc3)c3cncc4cc5c(cc34)oc3ccccc35)cc2)cc1. The van der Waals surface area contributed by atoms with Crippen molar-refractivity contribution in [3.05, 3.63) is 194 Å². The van der Waals surface area contributed by atoms with E-state index in [4.69, 9.17) is 9.40 Å². The minimum atomic E-state index is 0.863. The highest BCUT2D eigenvalue weighted by Crippen LogP contribution is 2.43. The van der Waals surface area contributed by atoms with E-state index in [0.29, 0.717) is 0 Å². The number of nitrogens with zero attached hydrogens (tertiary/aromatic N) is 2. The summed E-state index contributed by atoms with van der Waals surface area (Å²) in [5.41, 5.74) is 12.0. The highest BCUT2D eigenvalue weighted by Gasteiger charge is 2.19. The molecule has 10 aromatic rings. The summed E-state index contributed by atoms with van der Waals surface area (Å²) in [6.07, 6.45) is 3.91. The molecule has 0 amide bonds. The van der Waals surface area contributed by atoms with Gasteiger partial charge in [-0.1, -0.05) is 140 Å². The number of aromatic nitrogens is 1. The molecule has 0 saturated heterocycles. The van der Waals surface area contributed by atoms with Crippen LogP contribution in [0.3, 0.4) is 0 Å². The molecule has 0 aliphatic rings. The van der Waals surface area contributed by atoms with Gasteiger partial charge in [0, 0.05) is 39.1 Å². The summed E-state index contributed by atoms with van der Waals surface area (Å²) in [4.78, 5) is 7.09. The van der Waals surface area contributed by atoms with Crippen LogP contribution in [0.5, 0.6) is 0 Å². The molecule has 8 aromatic carbocycles. The van der Waals surface area contributed by atoms with Gasteiger partial charge < -0.3 is 9.32 Å². The number of hydrogen-bond acceptors (Lipinski definition) is 3. The first-order valence-electron chi connectivity index (χ1n) is 17.6. The molecule has 3 heteroatoms. The predicted octanol–water partition coefficient (Wildman–Crippen LogP) is 13.8. The van der Waals surface area contributed by atoms with Gasteiger partial charge in [-0.2, -0.15) is 0 Å². The van der Waals surface area contributed by atoms with Crippen molar-refractivity contribution in [3.8, 4) is 33.4 Å². The number of anilines is 3. The zero-order valence-electron chi connectivity index (χ0n) is 28.3. The van der Waals surface area contributed by atoms with Crippen LogP contribution in [0, 0.1) is 0 Å². The molecule has 0 saturated carbocycles. The van der Waals surface area contributed by atoms with Gasteiger partial charge in [-0.05, 0) is 86.6 Å². The van der Waals surface area contributed by atoms with E-state index in [0.717, 1.165) is 49.8 Å². The Bertz CT molecular complexity index is 2880. The van der Waals surface area contributed by atoms with Gasteiger partial charge in [-0.15, -0.1) is 0 Å². The number of benzene rings is 8. The van der Waals surface area contributed by atoms with Crippen LogP contribution in [0.15, 0.2) is 199 Å². The van der Waals surface area contributed by atoms with Crippen molar-refractivity contribution in [1.29, 1.82) is 0 Å². The van der Waals surface area contributed by atoms with E-state index in [1.165, 1.54) is 44.2 Å². The van der Waals surface area contributed by atoms with E-state index >= 15 is 0 Å². The molecule has 0 radical (unpaired) electrons. The molecule has 52 heavy (non-hydrogen) atoms. The Morgan fingerprint density at radius 3 is 1.54 bits per heavy atom. The van der Waals surface area contributed by atoms with Crippen molar-refractivity contribution in [2.75, 3.05) is 4.90 Å². The molecule has 0 bridgehead atoms. The van der Waals surface area contributed by atoms with Crippen LogP contribution in [-0.4, -0.2) is 4.98 Å². The maximum atomic E-state index is 6.37. The topological polar surface area (TPSA) is 29.3 Å². The summed E-state index contributed by atoms with van der Waals surface area (Å²) < 4.78 is 6.37. The summed E-state index contributed by atoms with van der Waals surface area (Å²) in [6.45, 7) is 0. The number of hydrogen-bond donors (Lipinski definition) is 0. The van der Waals surface area contributed by atoms with Crippen LogP contribution in [-0.2, 0) is 0 Å². The molecule has 0 fully saturated rings. The van der Waals surface area contributed by atoms with Crippen molar-refractivity contribution in [2.24, 2.45) is 0 Å². The smallest absolute Gasteiger partial charge is 0.136 e. The van der Waals surface area contributed by atoms with Crippen LogP contribution in [0.2, 0.25) is 0 Å². The summed E-state index contributed by atoms with van der Waals surface area (Å²) in [7, 11) is 0. The first-order chi connectivity index (χ1) is 25.8. The molecule has 0 spiro atoms. The van der Waals surface area contributed by atoms with Gasteiger partial charge in [0.2, 0.25) is 0 Å². The van der Waals surface area contributed by atoms with Crippen molar-refractivity contribution in [2.45, 2.75) is 0 Å². The second kappa shape index (κ2) is 12.4. The highest BCUT2D eigenvalue weighted by molar-refractivity contribution is 6.12. The third kappa shape index (κ3) is 5.10. The lowest BCUT2D eigenvalue weighted by molar-refractivity contribution is 0.669. The average molecular weight is 665 g/mol. The van der Waals surface area contributed by atoms with E-state index in [9.17, 15) is 0 Å². The summed E-state index contributed by atoms with van der Waals surface area (Å²) >= 11 is 0. The zero-order chi connectivity index (χ0) is 34.4. The van der Waals surface area contributed by atoms with Gasteiger partial charge >= 0.3 is 0 Å². The normalized spacial score (nSPS) is 11.5.